The van der Waals surface area contributed by atoms with Crippen molar-refractivity contribution in [1.29, 1.82) is 0 Å². The molecular weight excluding hydrogens is 590 g/mol. The third-order valence-electron chi connectivity index (χ3n) is 8.04. The maximum atomic E-state index is 14.1. The molecule has 2 aliphatic rings. The summed E-state index contributed by atoms with van der Waals surface area (Å²) in [5.41, 5.74) is 6.90. The van der Waals surface area contributed by atoms with Gasteiger partial charge in [-0.25, -0.2) is 9.79 Å². The Morgan fingerprint density at radius 1 is 1.20 bits per heavy atom. The fraction of sp³-hybridized carbons (Fsp3) is 0.441. The largest absolute Gasteiger partial charge is 0.476 e. The lowest BCUT2D eigenvalue weighted by Gasteiger charge is -2.32. The van der Waals surface area contributed by atoms with Gasteiger partial charge in [-0.3, -0.25) is 14.6 Å². The van der Waals surface area contributed by atoms with Crippen molar-refractivity contribution in [2.45, 2.75) is 69.5 Å². The van der Waals surface area contributed by atoms with Gasteiger partial charge in [0.1, 0.15) is 18.7 Å². The molecule has 5 atom stereocenters. The lowest BCUT2D eigenvalue weighted by molar-refractivity contribution is -0.147. The van der Waals surface area contributed by atoms with Crippen LogP contribution in [0.2, 0.25) is 0 Å². The predicted molar refractivity (Wildman–Crippen MR) is 173 cm³/mol. The van der Waals surface area contributed by atoms with Crippen LogP contribution in [0.1, 0.15) is 43.4 Å². The summed E-state index contributed by atoms with van der Waals surface area (Å²) in [7, 11) is 2.92. The minimum Gasteiger partial charge on any atom is -0.476 e. The molecule has 2 heterocycles. The molecule has 1 fully saturated rings. The zero-order valence-electron chi connectivity index (χ0n) is 26.8. The number of nitrogens with one attached hydrogen (secondary N) is 1. The highest BCUT2D eigenvalue weighted by molar-refractivity contribution is 5.97. The van der Waals surface area contributed by atoms with Gasteiger partial charge in [-0.15, -0.1) is 0 Å². The van der Waals surface area contributed by atoms with Crippen molar-refractivity contribution in [3.63, 3.8) is 0 Å². The van der Waals surface area contributed by atoms with Crippen LogP contribution >= 0.6 is 0 Å². The molecule has 0 aliphatic carbocycles. The van der Waals surface area contributed by atoms with Crippen molar-refractivity contribution >= 4 is 29.6 Å². The second-order valence-electron chi connectivity index (χ2n) is 11.4. The van der Waals surface area contributed by atoms with E-state index in [1.54, 1.807) is 25.8 Å². The number of methoxy groups -OCH3 is 1. The van der Waals surface area contributed by atoms with Crippen LogP contribution in [-0.2, 0) is 46.4 Å². The van der Waals surface area contributed by atoms with Crippen molar-refractivity contribution in [3.05, 3.63) is 84.1 Å². The number of benzene rings is 2. The molecule has 12 heteroatoms. The summed E-state index contributed by atoms with van der Waals surface area (Å²) in [6, 6.07) is 14.6. The number of amides is 2. The van der Waals surface area contributed by atoms with Gasteiger partial charge in [-0.1, -0.05) is 49.0 Å². The van der Waals surface area contributed by atoms with E-state index in [1.165, 1.54) is 13.4 Å². The average Bonchev–Trinajstić information content (AvgIpc) is 3.73. The first-order chi connectivity index (χ1) is 22.1. The highest BCUT2D eigenvalue weighted by Gasteiger charge is 2.49. The molecule has 46 heavy (non-hydrogen) atoms. The van der Waals surface area contributed by atoms with Gasteiger partial charge in [0.05, 0.1) is 32.1 Å². The van der Waals surface area contributed by atoms with Crippen LogP contribution < -0.4 is 11.1 Å². The maximum absolute atomic E-state index is 14.1. The summed E-state index contributed by atoms with van der Waals surface area (Å²) in [6.07, 6.45) is 2.05. The van der Waals surface area contributed by atoms with Gasteiger partial charge in [0.25, 0.3) is 0 Å². The van der Waals surface area contributed by atoms with Crippen LogP contribution in [0.3, 0.4) is 0 Å². The molecule has 2 aliphatic heterocycles. The van der Waals surface area contributed by atoms with Crippen LogP contribution in [0.4, 0.5) is 0 Å². The van der Waals surface area contributed by atoms with Gasteiger partial charge in [-0.2, -0.15) is 0 Å². The molecule has 4 unspecified atom stereocenters. The standard InChI is InChI=1S/C34H43N5O7/c1-6-44-30(36-4)26-15-10-14-25(18-26)19-34(33(42)43-5)21-46-31(38-34)27-16-11-17-39(27)32(41)28(37-29(40)22(2)35)23(3)45-20-24-12-8-7-9-13-24/h6-10,12-15,18,22-23,27-28H,1,11,16-17,19-21,35H2,2-5H3,(H,37,40)/t22?,23?,27?,28?,34-/m1/s1. The van der Waals surface area contributed by atoms with Crippen LogP contribution in [0.25, 0.3) is 0 Å². The van der Waals surface area contributed by atoms with Crippen LogP contribution in [0.5, 0.6) is 0 Å². The van der Waals surface area contributed by atoms with E-state index >= 15 is 0 Å². The van der Waals surface area contributed by atoms with E-state index in [-0.39, 0.29) is 31.4 Å². The fourth-order valence-corrected chi connectivity index (χ4v) is 5.61. The molecule has 0 aromatic heterocycles. The van der Waals surface area contributed by atoms with E-state index in [0.717, 1.165) is 11.1 Å². The average molecular weight is 634 g/mol. The van der Waals surface area contributed by atoms with Crippen LogP contribution in [-0.4, -0.2) is 91.6 Å². The van der Waals surface area contributed by atoms with Gasteiger partial charge in [0, 0.05) is 25.6 Å². The minimum absolute atomic E-state index is 0.0584. The number of likely N-dealkylation sites (tertiary alicyclic amines) is 1. The molecule has 4 rings (SSSR count). The molecule has 0 radical (unpaired) electrons. The molecule has 0 bridgehead atoms. The Morgan fingerprint density at radius 2 is 1.93 bits per heavy atom. The van der Waals surface area contributed by atoms with E-state index in [4.69, 9.17) is 29.7 Å². The number of aliphatic imine (C=N–C) groups is 2. The van der Waals surface area contributed by atoms with Gasteiger partial charge in [0.2, 0.25) is 23.6 Å². The zero-order chi connectivity index (χ0) is 33.3. The van der Waals surface area contributed by atoms with Gasteiger partial charge in [-0.05, 0) is 49.9 Å². The second kappa shape index (κ2) is 15.6. The Hall–Kier alpha value is -4.55. The number of carbonyl (C=O) groups excluding carboxylic acids is 3. The monoisotopic (exact) mass is 633 g/mol. The summed E-state index contributed by atoms with van der Waals surface area (Å²) in [4.78, 5) is 50.6. The normalized spacial score (nSPS) is 21.4. The number of rotatable bonds is 13. The fourth-order valence-electron chi connectivity index (χ4n) is 5.61. The first kappa shape index (κ1) is 34.3. The molecule has 12 nitrogen and oxygen atoms in total. The molecule has 246 valence electrons. The Kier molecular flexibility index (Phi) is 11.7. The highest BCUT2D eigenvalue weighted by Crippen LogP contribution is 2.31. The lowest BCUT2D eigenvalue weighted by atomic mass is 9.91. The van der Waals surface area contributed by atoms with Gasteiger partial charge < -0.3 is 34.9 Å². The van der Waals surface area contributed by atoms with Crippen molar-refractivity contribution in [1.82, 2.24) is 10.2 Å². The second-order valence-corrected chi connectivity index (χ2v) is 11.4. The highest BCUT2D eigenvalue weighted by atomic mass is 16.5. The van der Waals surface area contributed by atoms with E-state index in [9.17, 15) is 14.4 Å². The molecule has 2 amide bonds. The van der Waals surface area contributed by atoms with Gasteiger partial charge in [0.15, 0.2) is 5.54 Å². The molecule has 2 aromatic rings. The summed E-state index contributed by atoms with van der Waals surface area (Å²) in [6.45, 7) is 7.50. The summed E-state index contributed by atoms with van der Waals surface area (Å²) < 4.78 is 22.7. The summed E-state index contributed by atoms with van der Waals surface area (Å²) in [5, 5.41) is 2.78. The SMILES string of the molecule is C=COC(=NC)c1cccc(C[C@]2(C(=O)OC)COC(C3CCCN3C(=O)C(NC(=O)C(C)N)C(C)OCc3ccccc3)=N2)c1. The van der Waals surface area contributed by atoms with Crippen molar-refractivity contribution in [2.24, 2.45) is 15.7 Å². The molecular formula is C34H43N5O7. The third-order valence-corrected chi connectivity index (χ3v) is 8.04. The van der Waals surface area contributed by atoms with E-state index in [0.29, 0.717) is 30.8 Å². The first-order valence-electron chi connectivity index (χ1n) is 15.3. The Morgan fingerprint density at radius 3 is 2.61 bits per heavy atom. The van der Waals surface area contributed by atoms with Crippen molar-refractivity contribution in [2.75, 3.05) is 27.3 Å². The van der Waals surface area contributed by atoms with Crippen LogP contribution in [0.15, 0.2) is 77.4 Å². The predicted octanol–water partition coefficient (Wildman–Crippen LogP) is 2.53. The topological polar surface area (TPSA) is 154 Å². The number of nitrogens with two attached hydrogens (primary N) is 1. The summed E-state index contributed by atoms with van der Waals surface area (Å²) in [5.74, 6) is -0.724. The Bertz CT molecular complexity index is 1460. The lowest BCUT2D eigenvalue weighted by Crippen LogP contribution is -2.58. The van der Waals surface area contributed by atoms with E-state index in [1.807, 2.05) is 54.6 Å². The Balaban J connectivity index is 1.58. The number of hydrogen-bond acceptors (Lipinski definition) is 10. The molecule has 0 saturated carbocycles. The summed E-state index contributed by atoms with van der Waals surface area (Å²) >= 11 is 0. The van der Waals surface area contributed by atoms with Crippen molar-refractivity contribution in [3.8, 4) is 0 Å². The zero-order valence-corrected chi connectivity index (χ0v) is 26.8. The minimum atomic E-state index is -1.36. The van der Waals surface area contributed by atoms with E-state index < -0.39 is 41.6 Å². The molecule has 2 aromatic carbocycles. The molecule has 1 saturated heterocycles. The number of nitrogens with zero attached hydrogens (tertiary/aromatic N) is 3. The number of carbonyl (C=O) groups is 3. The quantitative estimate of drug-likeness (QED) is 0.148. The third kappa shape index (κ3) is 7.99. The Labute approximate surface area is 269 Å². The first-order valence-corrected chi connectivity index (χ1v) is 15.3. The number of ether oxygens (including phenoxy) is 4. The van der Waals surface area contributed by atoms with Gasteiger partial charge >= 0.3 is 5.97 Å². The van der Waals surface area contributed by atoms with E-state index in [2.05, 4.69) is 16.9 Å². The molecule has 0 spiro atoms. The molecule has 3 N–H and O–H groups in total. The maximum Gasteiger partial charge on any atom is 0.337 e. The number of hydrogen-bond donors (Lipinski definition) is 2. The van der Waals surface area contributed by atoms with Crippen LogP contribution in [0, 0.1) is 0 Å². The smallest absolute Gasteiger partial charge is 0.337 e. The number of esters is 1. The van der Waals surface area contributed by atoms with Crippen molar-refractivity contribution < 1.29 is 33.3 Å².